The largest absolute Gasteiger partial charge is 0.322 e. The Hall–Kier alpha value is -2.79. The van der Waals surface area contributed by atoms with Gasteiger partial charge in [0, 0.05) is 15.7 Å². The van der Waals surface area contributed by atoms with Gasteiger partial charge in [-0.1, -0.05) is 34.1 Å². The summed E-state index contributed by atoms with van der Waals surface area (Å²) in [5.41, 5.74) is 4.42. The highest BCUT2D eigenvalue weighted by molar-refractivity contribution is 9.10. The lowest BCUT2D eigenvalue weighted by atomic mass is 10.1. The number of nitrogens with zero attached hydrogens (tertiary/aromatic N) is 2. The number of rotatable bonds is 2. The van der Waals surface area contributed by atoms with Crippen LogP contribution >= 0.6 is 15.9 Å². The molecule has 24 heavy (non-hydrogen) atoms. The van der Waals surface area contributed by atoms with Gasteiger partial charge in [-0.2, -0.15) is 0 Å². The molecule has 0 saturated carbocycles. The van der Waals surface area contributed by atoms with E-state index in [4.69, 9.17) is 0 Å². The van der Waals surface area contributed by atoms with Gasteiger partial charge in [0.25, 0.3) is 5.91 Å². The van der Waals surface area contributed by atoms with Crippen molar-refractivity contribution in [1.29, 1.82) is 0 Å². The first-order chi connectivity index (χ1) is 11.7. The normalized spacial score (nSPS) is 10.9. The number of halogens is 1. The summed E-state index contributed by atoms with van der Waals surface area (Å²) >= 11 is 3.39. The van der Waals surface area contributed by atoms with Gasteiger partial charge in [-0.3, -0.25) is 4.79 Å². The van der Waals surface area contributed by atoms with E-state index >= 15 is 0 Å². The second-order valence-electron chi connectivity index (χ2n) is 5.38. The zero-order valence-electron chi connectivity index (χ0n) is 12.5. The number of aromatic nitrogens is 2. The number of anilines is 1. The molecule has 0 fully saturated rings. The summed E-state index contributed by atoms with van der Waals surface area (Å²) in [6.07, 6.45) is 0. The van der Waals surface area contributed by atoms with Crippen LogP contribution < -0.4 is 5.32 Å². The van der Waals surface area contributed by atoms with Crippen molar-refractivity contribution in [3.63, 3.8) is 0 Å². The molecule has 116 valence electrons. The smallest absolute Gasteiger partial charge is 0.255 e. The van der Waals surface area contributed by atoms with E-state index in [1.54, 1.807) is 12.1 Å². The van der Waals surface area contributed by atoms with E-state index < -0.39 is 0 Å². The van der Waals surface area contributed by atoms with Crippen molar-refractivity contribution in [3.8, 4) is 0 Å². The van der Waals surface area contributed by atoms with Crippen LogP contribution in [0.4, 0.5) is 5.69 Å². The molecule has 1 aromatic heterocycles. The van der Waals surface area contributed by atoms with Gasteiger partial charge >= 0.3 is 0 Å². The number of hydrogen-bond donors (Lipinski definition) is 1. The Balaban J connectivity index is 1.71. The van der Waals surface area contributed by atoms with Gasteiger partial charge in [0.2, 0.25) is 0 Å². The molecule has 0 aliphatic rings. The maximum absolute atomic E-state index is 12.5. The average molecular weight is 378 g/mol. The molecule has 4 rings (SSSR count). The molecule has 4 nitrogen and oxygen atoms in total. The fourth-order valence-corrected chi connectivity index (χ4v) is 2.93. The average Bonchev–Trinajstić information content (AvgIpc) is 2.59. The maximum Gasteiger partial charge on any atom is 0.255 e. The maximum atomic E-state index is 12.5. The molecule has 0 aliphatic carbocycles. The van der Waals surface area contributed by atoms with Crippen LogP contribution in [0.5, 0.6) is 0 Å². The second kappa shape index (κ2) is 6.02. The van der Waals surface area contributed by atoms with Crippen LogP contribution in [-0.4, -0.2) is 15.9 Å². The first kappa shape index (κ1) is 14.8. The molecular formula is C19H12BrN3O. The van der Waals surface area contributed by atoms with Crippen LogP contribution in [0.15, 0.2) is 71.2 Å². The van der Waals surface area contributed by atoms with Crippen LogP contribution in [-0.2, 0) is 0 Å². The van der Waals surface area contributed by atoms with Crippen LogP contribution in [0.3, 0.4) is 0 Å². The Bertz CT molecular complexity index is 1080. The number of para-hydroxylation sites is 2. The van der Waals surface area contributed by atoms with Crippen LogP contribution in [0.1, 0.15) is 10.4 Å². The van der Waals surface area contributed by atoms with Crippen molar-refractivity contribution in [2.24, 2.45) is 0 Å². The Kier molecular flexibility index (Phi) is 3.70. The molecule has 5 heteroatoms. The van der Waals surface area contributed by atoms with E-state index in [1.807, 2.05) is 54.6 Å². The Morgan fingerprint density at radius 2 is 1.50 bits per heavy atom. The van der Waals surface area contributed by atoms with Gasteiger partial charge in [-0.05, 0) is 48.5 Å². The van der Waals surface area contributed by atoms with E-state index in [-0.39, 0.29) is 5.91 Å². The molecule has 1 amide bonds. The van der Waals surface area contributed by atoms with E-state index in [1.165, 1.54) is 0 Å². The summed E-state index contributed by atoms with van der Waals surface area (Å²) < 4.78 is 0.913. The molecule has 0 unspecified atom stereocenters. The van der Waals surface area contributed by atoms with Crippen molar-refractivity contribution in [2.75, 3.05) is 5.32 Å². The highest BCUT2D eigenvalue weighted by Gasteiger charge is 2.09. The minimum atomic E-state index is -0.176. The number of nitrogens with one attached hydrogen (secondary N) is 1. The van der Waals surface area contributed by atoms with Crippen LogP contribution in [0, 0.1) is 0 Å². The third-order valence-corrected chi connectivity index (χ3v) is 4.18. The highest BCUT2D eigenvalue weighted by atomic mass is 79.9. The summed E-state index contributed by atoms with van der Waals surface area (Å²) in [4.78, 5) is 21.6. The zero-order chi connectivity index (χ0) is 16.5. The number of amides is 1. The first-order valence-electron chi connectivity index (χ1n) is 7.42. The van der Waals surface area contributed by atoms with Crippen molar-refractivity contribution < 1.29 is 4.79 Å². The zero-order valence-corrected chi connectivity index (χ0v) is 14.1. The minimum absolute atomic E-state index is 0.176. The fraction of sp³-hybridized carbons (Fsp3) is 0. The molecule has 0 radical (unpaired) electrons. The quantitative estimate of drug-likeness (QED) is 0.510. The summed E-state index contributed by atoms with van der Waals surface area (Å²) in [5, 5.41) is 2.88. The summed E-state index contributed by atoms with van der Waals surface area (Å²) in [6, 6.07) is 20.5. The summed E-state index contributed by atoms with van der Waals surface area (Å²) in [6.45, 7) is 0. The Morgan fingerprint density at radius 1 is 0.792 bits per heavy atom. The van der Waals surface area contributed by atoms with Gasteiger partial charge in [-0.15, -0.1) is 0 Å². The molecule has 0 atom stereocenters. The Morgan fingerprint density at radius 3 is 2.25 bits per heavy atom. The molecule has 3 aromatic carbocycles. The number of benzene rings is 3. The third kappa shape index (κ3) is 2.86. The highest BCUT2D eigenvalue weighted by Crippen LogP contribution is 2.19. The van der Waals surface area contributed by atoms with Crippen molar-refractivity contribution in [1.82, 2.24) is 9.97 Å². The predicted octanol–water partition coefficient (Wildman–Crippen LogP) is 4.80. The van der Waals surface area contributed by atoms with Gasteiger partial charge in [0.15, 0.2) is 0 Å². The lowest BCUT2D eigenvalue weighted by Gasteiger charge is -2.07. The molecule has 1 N–H and O–H groups in total. The van der Waals surface area contributed by atoms with Crippen molar-refractivity contribution in [3.05, 3.63) is 76.8 Å². The SMILES string of the molecule is O=C(Nc1cccc(Br)c1)c1ccc2nc3ccccc3nc2c1. The van der Waals surface area contributed by atoms with E-state index in [0.29, 0.717) is 11.1 Å². The van der Waals surface area contributed by atoms with Gasteiger partial charge < -0.3 is 5.32 Å². The topological polar surface area (TPSA) is 54.9 Å². The minimum Gasteiger partial charge on any atom is -0.322 e. The number of hydrogen-bond acceptors (Lipinski definition) is 3. The molecule has 0 bridgehead atoms. The van der Waals surface area contributed by atoms with Crippen molar-refractivity contribution >= 4 is 49.6 Å². The monoisotopic (exact) mass is 377 g/mol. The van der Waals surface area contributed by atoms with Crippen molar-refractivity contribution in [2.45, 2.75) is 0 Å². The number of carbonyl (C=O) groups excluding carboxylic acids is 1. The van der Waals surface area contributed by atoms with Crippen LogP contribution in [0.25, 0.3) is 22.1 Å². The summed E-state index contributed by atoms with van der Waals surface area (Å²) in [7, 11) is 0. The summed E-state index contributed by atoms with van der Waals surface area (Å²) in [5.74, 6) is -0.176. The van der Waals surface area contributed by atoms with Gasteiger partial charge in [0.1, 0.15) is 0 Å². The Labute approximate surface area is 146 Å². The third-order valence-electron chi connectivity index (χ3n) is 3.68. The van der Waals surface area contributed by atoms with E-state index in [2.05, 4.69) is 31.2 Å². The fourth-order valence-electron chi connectivity index (χ4n) is 2.53. The predicted molar refractivity (Wildman–Crippen MR) is 99.1 cm³/mol. The lowest BCUT2D eigenvalue weighted by Crippen LogP contribution is -2.11. The standard InChI is InChI=1S/C19H12BrN3O/c20-13-4-3-5-14(11-13)21-19(24)12-8-9-17-18(10-12)23-16-7-2-1-6-15(16)22-17/h1-11H,(H,21,24). The molecule has 0 saturated heterocycles. The van der Waals surface area contributed by atoms with Gasteiger partial charge in [0.05, 0.1) is 22.1 Å². The van der Waals surface area contributed by atoms with E-state index in [9.17, 15) is 4.79 Å². The van der Waals surface area contributed by atoms with Gasteiger partial charge in [-0.25, -0.2) is 9.97 Å². The molecular weight excluding hydrogens is 366 g/mol. The molecule has 1 heterocycles. The molecule has 0 aliphatic heterocycles. The first-order valence-corrected chi connectivity index (χ1v) is 8.22. The lowest BCUT2D eigenvalue weighted by molar-refractivity contribution is 0.102. The number of carbonyl (C=O) groups is 1. The van der Waals surface area contributed by atoms with E-state index in [0.717, 1.165) is 26.7 Å². The van der Waals surface area contributed by atoms with Crippen LogP contribution in [0.2, 0.25) is 0 Å². The number of fused-ring (bicyclic) bond motifs is 2. The second-order valence-corrected chi connectivity index (χ2v) is 6.30. The molecule has 4 aromatic rings. The molecule has 0 spiro atoms.